The lowest BCUT2D eigenvalue weighted by Crippen LogP contribution is -2.34. The number of nitrogens with zero attached hydrogens (tertiary/aromatic N) is 1. The third-order valence-corrected chi connectivity index (χ3v) is 4.13. The summed E-state index contributed by atoms with van der Waals surface area (Å²) in [5, 5.41) is 9.37. The molecule has 1 N–H and O–H groups in total. The maximum Gasteiger partial charge on any atom is 0.307 e. The molecule has 0 aliphatic carbocycles. The number of carboxylic acid groups (broad SMARTS) is 1. The summed E-state index contributed by atoms with van der Waals surface area (Å²) in [6, 6.07) is 0. The average molecular weight is 217 g/mol. The first-order valence-corrected chi connectivity index (χ1v) is 6.17. The van der Waals surface area contributed by atoms with Crippen LogP contribution in [0, 0.1) is 5.92 Å². The van der Waals surface area contributed by atoms with E-state index in [9.17, 15) is 4.79 Å². The first-order valence-electron chi connectivity index (χ1n) is 5.12. The van der Waals surface area contributed by atoms with Gasteiger partial charge in [0.1, 0.15) is 0 Å². The van der Waals surface area contributed by atoms with Crippen molar-refractivity contribution in [1.29, 1.82) is 0 Å². The van der Waals surface area contributed by atoms with Gasteiger partial charge < -0.3 is 10.0 Å². The van der Waals surface area contributed by atoms with Gasteiger partial charge in [-0.05, 0) is 26.4 Å². The quantitative estimate of drug-likeness (QED) is 0.775. The van der Waals surface area contributed by atoms with Crippen molar-refractivity contribution in [3.05, 3.63) is 0 Å². The van der Waals surface area contributed by atoms with E-state index in [2.05, 4.69) is 11.9 Å². The summed E-state index contributed by atoms with van der Waals surface area (Å²) < 4.78 is 0. The summed E-state index contributed by atoms with van der Waals surface area (Å²) in [5.41, 5.74) is 0. The number of aliphatic carboxylic acids is 1. The highest BCUT2D eigenvalue weighted by molar-refractivity contribution is 7.99. The first kappa shape index (κ1) is 11.9. The minimum Gasteiger partial charge on any atom is -0.481 e. The van der Waals surface area contributed by atoms with Crippen molar-refractivity contribution < 1.29 is 9.90 Å². The maximum absolute atomic E-state index is 10.6. The van der Waals surface area contributed by atoms with Gasteiger partial charge in [0, 0.05) is 17.5 Å². The lowest BCUT2D eigenvalue weighted by Gasteiger charge is -2.29. The molecule has 82 valence electrons. The Morgan fingerprint density at radius 2 is 2.43 bits per heavy atom. The molecular weight excluding hydrogens is 198 g/mol. The lowest BCUT2D eigenvalue weighted by atomic mass is 10.1. The molecule has 0 amide bonds. The van der Waals surface area contributed by atoms with Gasteiger partial charge in [0.25, 0.3) is 0 Å². The number of thioether (sulfide) groups is 1. The van der Waals surface area contributed by atoms with Crippen LogP contribution < -0.4 is 0 Å². The molecule has 0 saturated carbocycles. The van der Waals surface area contributed by atoms with Crippen LogP contribution in [-0.2, 0) is 4.79 Å². The molecule has 1 aliphatic rings. The van der Waals surface area contributed by atoms with Crippen LogP contribution in [0.1, 0.15) is 19.8 Å². The van der Waals surface area contributed by atoms with Crippen LogP contribution in [0.4, 0.5) is 0 Å². The number of hydrogen-bond donors (Lipinski definition) is 1. The largest absolute Gasteiger partial charge is 0.481 e. The Kier molecular flexibility index (Phi) is 4.75. The molecule has 3 nitrogen and oxygen atoms in total. The molecule has 14 heavy (non-hydrogen) atoms. The van der Waals surface area contributed by atoms with Crippen LogP contribution in [0.3, 0.4) is 0 Å². The van der Waals surface area contributed by atoms with Crippen molar-refractivity contribution in [1.82, 2.24) is 4.90 Å². The molecule has 0 aromatic rings. The van der Waals surface area contributed by atoms with E-state index in [0.29, 0.717) is 5.25 Å². The number of hydrogen-bond acceptors (Lipinski definition) is 3. The number of carboxylic acids is 1. The topological polar surface area (TPSA) is 40.5 Å². The Bertz CT molecular complexity index is 199. The van der Waals surface area contributed by atoms with Gasteiger partial charge in [0.2, 0.25) is 0 Å². The fraction of sp³-hybridized carbons (Fsp3) is 0.900. The summed E-state index contributed by atoms with van der Waals surface area (Å²) >= 11 is 1.82. The summed E-state index contributed by atoms with van der Waals surface area (Å²) in [6.07, 6.45) is 2.48. The van der Waals surface area contributed by atoms with E-state index in [1.807, 2.05) is 11.8 Å². The number of likely N-dealkylation sites (tertiary alicyclic amines) is 1. The third kappa shape index (κ3) is 3.88. The maximum atomic E-state index is 10.6. The Morgan fingerprint density at radius 1 is 1.71 bits per heavy atom. The highest BCUT2D eigenvalue weighted by atomic mass is 32.2. The standard InChI is InChI=1S/C10H19NO2S/c1-8(10(12)13)7-14-9-4-3-5-11(2)6-9/h8-9H,3-7H2,1-2H3,(H,12,13). The fourth-order valence-corrected chi connectivity index (χ4v) is 3.00. The zero-order valence-electron chi connectivity index (χ0n) is 8.90. The van der Waals surface area contributed by atoms with Crippen LogP contribution >= 0.6 is 11.8 Å². The van der Waals surface area contributed by atoms with E-state index in [1.54, 1.807) is 6.92 Å². The van der Waals surface area contributed by atoms with Gasteiger partial charge in [-0.2, -0.15) is 11.8 Å². The summed E-state index contributed by atoms with van der Waals surface area (Å²) in [7, 11) is 2.13. The minimum absolute atomic E-state index is 0.216. The monoisotopic (exact) mass is 217 g/mol. The van der Waals surface area contributed by atoms with Crippen molar-refractivity contribution >= 4 is 17.7 Å². The number of piperidine rings is 1. The van der Waals surface area contributed by atoms with Gasteiger partial charge in [0.15, 0.2) is 0 Å². The van der Waals surface area contributed by atoms with Gasteiger partial charge in [-0.25, -0.2) is 0 Å². The Labute approximate surface area is 89.9 Å². The first-order chi connectivity index (χ1) is 6.59. The van der Waals surface area contributed by atoms with Crippen molar-refractivity contribution in [2.45, 2.75) is 25.0 Å². The van der Waals surface area contributed by atoms with Gasteiger partial charge in [-0.3, -0.25) is 4.79 Å². The van der Waals surface area contributed by atoms with E-state index >= 15 is 0 Å². The molecule has 0 radical (unpaired) electrons. The molecule has 1 saturated heterocycles. The molecule has 2 atom stereocenters. The Morgan fingerprint density at radius 3 is 3.00 bits per heavy atom. The molecular formula is C10H19NO2S. The van der Waals surface area contributed by atoms with Gasteiger partial charge in [0.05, 0.1) is 5.92 Å². The van der Waals surface area contributed by atoms with E-state index in [0.717, 1.165) is 12.3 Å². The predicted molar refractivity (Wildman–Crippen MR) is 59.8 cm³/mol. The molecule has 0 aromatic carbocycles. The highest BCUT2D eigenvalue weighted by Crippen LogP contribution is 2.23. The van der Waals surface area contributed by atoms with Crippen LogP contribution in [0.5, 0.6) is 0 Å². The average Bonchev–Trinajstić information content (AvgIpc) is 2.14. The van der Waals surface area contributed by atoms with Gasteiger partial charge >= 0.3 is 5.97 Å². The number of carbonyl (C=O) groups is 1. The van der Waals surface area contributed by atoms with Crippen molar-refractivity contribution in [2.24, 2.45) is 5.92 Å². The second-order valence-corrected chi connectivity index (χ2v) is 5.43. The van der Waals surface area contributed by atoms with Crippen LogP contribution in [0.25, 0.3) is 0 Å². The van der Waals surface area contributed by atoms with E-state index in [-0.39, 0.29) is 5.92 Å². The van der Waals surface area contributed by atoms with Gasteiger partial charge in [-0.1, -0.05) is 6.92 Å². The molecule has 2 unspecified atom stereocenters. The van der Waals surface area contributed by atoms with Gasteiger partial charge in [-0.15, -0.1) is 0 Å². The molecule has 1 fully saturated rings. The van der Waals surface area contributed by atoms with Crippen molar-refractivity contribution in [3.63, 3.8) is 0 Å². The SMILES string of the molecule is CC(CSC1CCCN(C)C1)C(=O)O. The predicted octanol–water partition coefficient (Wildman–Crippen LogP) is 1.53. The molecule has 0 bridgehead atoms. The second-order valence-electron chi connectivity index (χ2n) is 4.10. The van der Waals surface area contributed by atoms with Crippen LogP contribution in [-0.4, -0.2) is 47.1 Å². The summed E-state index contributed by atoms with van der Waals surface area (Å²) in [5.74, 6) is -0.151. The minimum atomic E-state index is -0.679. The highest BCUT2D eigenvalue weighted by Gasteiger charge is 2.19. The molecule has 1 rings (SSSR count). The summed E-state index contributed by atoms with van der Waals surface area (Å²) in [6.45, 7) is 4.07. The van der Waals surface area contributed by atoms with E-state index in [4.69, 9.17) is 5.11 Å². The smallest absolute Gasteiger partial charge is 0.307 e. The van der Waals surface area contributed by atoms with E-state index < -0.39 is 5.97 Å². The zero-order valence-corrected chi connectivity index (χ0v) is 9.72. The normalized spacial score (nSPS) is 26.0. The Hall–Kier alpha value is -0.220. The fourth-order valence-electron chi connectivity index (χ4n) is 1.61. The molecule has 4 heteroatoms. The summed E-state index contributed by atoms with van der Waals surface area (Å²) in [4.78, 5) is 12.9. The Balaban J connectivity index is 2.20. The number of rotatable bonds is 4. The second kappa shape index (κ2) is 5.61. The van der Waals surface area contributed by atoms with Crippen molar-refractivity contribution in [3.8, 4) is 0 Å². The zero-order chi connectivity index (χ0) is 10.6. The third-order valence-electron chi connectivity index (χ3n) is 2.58. The molecule has 1 aliphatic heterocycles. The van der Waals surface area contributed by atoms with Crippen molar-refractivity contribution in [2.75, 3.05) is 25.9 Å². The van der Waals surface area contributed by atoms with Crippen LogP contribution in [0.15, 0.2) is 0 Å². The van der Waals surface area contributed by atoms with E-state index in [1.165, 1.54) is 19.4 Å². The molecule has 1 heterocycles. The van der Waals surface area contributed by atoms with Crippen LogP contribution in [0.2, 0.25) is 0 Å². The lowest BCUT2D eigenvalue weighted by molar-refractivity contribution is -0.140. The molecule has 0 spiro atoms. The molecule has 0 aromatic heterocycles.